The molecule has 0 unspecified atom stereocenters. The van der Waals surface area contributed by atoms with Gasteiger partial charge in [-0.15, -0.1) is 6.42 Å². The van der Waals surface area contributed by atoms with Crippen molar-refractivity contribution in [3.8, 4) is 12.3 Å². The summed E-state index contributed by atoms with van der Waals surface area (Å²) < 4.78 is 0. The van der Waals surface area contributed by atoms with E-state index in [0.29, 0.717) is 28.1 Å². The van der Waals surface area contributed by atoms with E-state index < -0.39 is 11.8 Å². The summed E-state index contributed by atoms with van der Waals surface area (Å²) in [4.78, 5) is 37.8. The van der Waals surface area contributed by atoms with Crippen molar-refractivity contribution in [2.45, 2.75) is 0 Å². The Morgan fingerprint density at radius 1 is 1.07 bits per heavy atom. The van der Waals surface area contributed by atoms with Crippen LogP contribution in [0.25, 0.3) is 5.70 Å². The molecule has 1 heterocycles. The maximum atomic E-state index is 12.4. The first-order valence-electron chi connectivity index (χ1n) is 8.23. The Kier molecular flexibility index (Phi) is 5.04. The minimum Gasteiger partial charge on any atom is -0.345 e. The number of nitrogens with one attached hydrogen (secondary N) is 2. The molecule has 27 heavy (non-hydrogen) atoms. The summed E-state index contributed by atoms with van der Waals surface area (Å²) in [5.74, 6) is 1.35. The number of nitrogens with zero attached hydrogens (tertiary/aromatic N) is 1. The second-order valence-electron chi connectivity index (χ2n) is 5.93. The van der Waals surface area contributed by atoms with Crippen LogP contribution in [0.2, 0.25) is 0 Å². The van der Waals surface area contributed by atoms with E-state index in [1.165, 1.54) is 4.90 Å². The second kappa shape index (κ2) is 7.58. The first-order chi connectivity index (χ1) is 13.0. The zero-order valence-electron chi connectivity index (χ0n) is 14.5. The second-order valence-corrected chi connectivity index (χ2v) is 5.93. The molecule has 134 valence electrons. The molecule has 3 rings (SSSR count). The third kappa shape index (κ3) is 3.88. The molecular formula is C21H17N3O3. The lowest BCUT2D eigenvalue weighted by Gasteiger charge is -2.16. The van der Waals surface area contributed by atoms with Crippen LogP contribution in [0.4, 0.5) is 5.69 Å². The Balaban J connectivity index is 1.53. The van der Waals surface area contributed by atoms with E-state index >= 15 is 0 Å². The lowest BCUT2D eigenvalue weighted by molar-refractivity contribution is -0.124. The summed E-state index contributed by atoms with van der Waals surface area (Å²) >= 11 is 0. The number of terminal acetylenes is 1. The lowest BCUT2D eigenvalue weighted by atomic mass is 10.1. The number of rotatable bonds is 5. The van der Waals surface area contributed by atoms with Gasteiger partial charge in [0.05, 0.1) is 6.54 Å². The van der Waals surface area contributed by atoms with E-state index in [1.54, 1.807) is 48.5 Å². The summed E-state index contributed by atoms with van der Waals surface area (Å²) in [5, 5.41) is 5.15. The Morgan fingerprint density at radius 2 is 1.81 bits per heavy atom. The van der Waals surface area contributed by atoms with Crippen LogP contribution in [0, 0.1) is 12.3 Å². The zero-order valence-corrected chi connectivity index (χ0v) is 14.5. The Bertz CT molecular complexity index is 953. The van der Waals surface area contributed by atoms with E-state index in [9.17, 15) is 14.4 Å². The number of benzene rings is 2. The molecule has 0 spiro atoms. The van der Waals surface area contributed by atoms with Gasteiger partial charge in [-0.1, -0.05) is 36.8 Å². The zero-order chi connectivity index (χ0) is 19.4. The Hall–Kier alpha value is -3.85. The molecule has 0 aliphatic carbocycles. The predicted octanol–water partition coefficient (Wildman–Crippen LogP) is 1.85. The molecule has 1 aliphatic rings. The van der Waals surface area contributed by atoms with Crippen molar-refractivity contribution >= 4 is 29.1 Å². The fourth-order valence-corrected chi connectivity index (χ4v) is 2.77. The fraction of sp³-hybridized carbons (Fsp3) is 0.0952. The maximum Gasteiger partial charge on any atom is 0.259 e. The van der Waals surface area contributed by atoms with Crippen molar-refractivity contribution < 1.29 is 14.4 Å². The van der Waals surface area contributed by atoms with E-state index in [0.717, 1.165) is 0 Å². The smallest absolute Gasteiger partial charge is 0.259 e. The highest BCUT2D eigenvalue weighted by molar-refractivity contribution is 6.10. The van der Waals surface area contributed by atoms with Crippen LogP contribution in [-0.2, 0) is 9.59 Å². The van der Waals surface area contributed by atoms with Gasteiger partial charge < -0.3 is 10.6 Å². The van der Waals surface area contributed by atoms with Gasteiger partial charge in [0.2, 0.25) is 11.8 Å². The van der Waals surface area contributed by atoms with Gasteiger partial charge in [-0.25, -0.2) is 0 Å². The van der Waals surface area contributed by atoms with Crippen molar-refractivity contribution in [2.24, 2.45) is 0 Å². The maximum absolute atomic E-state index is 12.4. The number of carbonyl (C=O) groups excluding carboxylic acids is 3. The number of hydrogen-bond acceptors (Lipinski definition) is 3. The number of amides is 3. The fourth-order valence-electron chi connectivity index (χ4n) is 2.77. The lowest BCUT2D eigenvalue weighted by Crippen LogP contribution is -2.40. The third-order valence-electron chi connectivity index (χ3n) is 4.10. The molecule has 0 bridgehead atoms. The van der Waals surface area contributed by atoms with Crippen molar-refractivity contribution in [1.82, 2.24) is 10.2 Å². The van der Waals surface area contributed by atoms with E-state index in [4.69, 9.17) is 6.42 Å². The van der Waals surface area contributed by atoms with Crippen molar-refractivity contribution in [2.75, 3.05) is 18.4 Å². The molecule has 3 amide bonds. The predicted molar refractivity (Wildman–Crippen MR) is 103 cm³/mol. The monoisotopic (exact) mass is 359 g/mol. The van der Waals surface area contributed by atoms with Gasteiger partial charge in [-0.05, 0) is 24.3 Å². The van der Waals surface area contributed by atoms with Gasteiger partial charge in [0.1, 0.15) is 6.54 Å². The van der Waals surface area contributed by atoms with Gasteiger partial charge in [0, 0.05) is 28.1 Å². The first-order valence-corrected chi connectivity index (χ1v) is 8.23. The summed E-state index contributed by atoms with van der Waals surface area (Å²) in [6.07, 6.45) is 5.32. The molecule has 0 atom stereocenters. The summed E-state index contributed by atoms with van der Waals surface area (Å²) in [6, 6.07) is 13.9. The summed E-state index contributed by atoms with van der Waals surface area (Å²) in [7, 11) is 0. The molecule has 2 N–H and O–H groups in total. The minimum absolute atomic E-state index is 0.202. The number of hydrogen-bond donors (Lipinski definition) is 2. The minimum atomic E-state index is -0.454. The molecule has 0 saturated heterocycles. The van der Waals surface area contributed by atoms with E-state index in [-0.39, 0.29) is 19.0 Å². The number of carbonyl (C=O) groups is 3. The molecular weight excluding hydrogens is 342 g/mol. The van der Waals surface area contributed by atoms with Gasteiger partial charge in [-0.2, -0.15) is 0 Å². The highest BCUT2D eigenvalue weighted by Gasteiger charge is 2.31. The van der Waals surface area contributed by atoms with Crippen LogP contribution in [0.5, 0.6) is 0 Å². The number of fused-ring (bicyclic) bond motifs is 1. The van der Waals surface area contributed by atoms with Crippen LogP contribution in [-0.4, -0.2) is 35.7 Å². The molecule has 1 aliphatic heterocycles. The molecule has 2 aromatic rings. The molecule has 2 aromatic carbocycles. The molecule has 0 fully saturated rings. The third-order valence-corrected chi connectivity index (χ3v) is 4.10. The highest BCUT2D eigenvalue weighted by Crippen LogP contribution is 2.30. The van der Waals surface area contributed by atoms with Gasteiger partial charge in [0.25, 0.3) is 5.91 Å². The first kappa shape index (κ1) is 18.0. The Labute approximate surface area is 156 Å². The van der Waals surface area contributed by atoms with Crippen LogP contribution in [0.15, 0.2) is 55.1 Å². The molecule has 0 aromatic heterocycles. The normalized spacial score (nSPS) is 12.3. The largest absolute Gasteiger partial charge is 0.345 e. The van der Waals surface area contributed by atoms with Gasteiger partial charge in [-0.3, -0.25) is 19.3 Å². The average molecular weight is 359 g/mol. The summed E-state index contributed by atoms with van der Waals surface area (Å²) in [5.41, 5.74) is 2.88. The van der Waals surface area contributed by atoms with Crippen LogP contribution >= 0.6 is 0 Å². The number of anilines is 1. The van der Waals surface area contributed by atoms with Gasteiger partial charge >= 0.3 is 0 Å². The standard InChI is InChI=1S/C21H17N3O3/c1-3-15-7-6-8-16(11-15)23-19(25)12-22-20(26)13-24-14(2)17-9-4-5-10-18(17)21(24)27/h1,4-11H,2,12-13H2,(H,22,26)(H,23,25). The molecule has 0 saturated carbocycles. The van der Waals surface area contributed by atoms with Crippen LogP contribution < -0.4 is 10.6 Å². The van der Waals surface area contributed by atoms with Gasteiger partial charge in [0.15, 0.2) is 0 Å². The van der Waals surface area contributed by atoms with Crippen molar-refractivity contribution in [3.05, 3.63) is 71.8 Å². The summed E-state index contributed by atoms with van der Waals surface area (Å²) in [6.45, 7) is 3.45. The molecule has 6 nitrogen and oxygen atoms in total. The van der Waals surface area contributed by atoms with Crippen molar-refractivity contribution in [3.63, 3.8) is 0 Å². The van der Waals surface area contributed by atoms with Crippen LogP contribution in [0.3, 0.4) is 0 Å². The van der Waals surface area contributed by atoms with E-state index in [1.807, 2.05) is 0 Å². The average Bonchev–Trinajstić information content (AvgIpc) is 2.92. The Morgan fingerprint density at radius 3 is 2.52 bits per heavy atom. The topological polar surface area (TPSA) is 78.5 Å². The molecule has 6 heteroatoms. The van der Waals surface area contributed by atoms with Crippen LogP contribution in [0.1, 0.15) is 21.5 Å². The SMILES string of the molecule is C#Cc1cccc(NC(=O)CNC(=O)CN2C(=C)c3ccccc3C2=O)c1. The van der Waals surface area contributed by atoms with Crippen molar-refractivity contribution in [1.29, 1.82) is 0 Å². The molecule has 0 radical (unpaired) electrons. The highest BCUT2D eigenvalue weighted by atomic mass is 16.2. The quantitative estimate of drug-likeness (QED) is 0.800. The van der Waals surface area contributed by atoms with E-state index in [2.05, 4.69) is 23.1 Å².